The Labute approximate surface area is 180 Å². The van der Waals surface area contributed by atoms with Crippen molar-refractivity contribution < 1.29 is 0 Å². The summed E-state index contributed by atoms with van der Waals surface area (Å²) >= 11 is 0. The Hall–Kier alpha value is -2.15. The highest BCUT2D eigenvalue weighted by Gasteiger charge is 2.28. The first-order valence-electron chi connectivity index (χ1n) is 11.3. The minimum Gasteiger partial charge on any atom is -0.346 e. The molecule has 3 N–H and O–H groups in total. The maximum absolute atomic E-state index is 5.83. The fourth-order valence-corrected chi connectivity index (χ4v) is 5.14. The molecule has 0 amide bonds. The van der Waals surface area contributed by atoms with Crippen molar-refractivity contribution in [1.29, 1.82) is 0 Å². The standard InChI is InChI=1S/C24H36N6/c1-4-18(17-29(3)25)23-16-27-24-22(23)14-20(15-26-24)19-6-8-21(9-7-19)30-11-5-10-28(2)12-13-30/h4,14-17,19,21H,1,5-13,25H2,2-3H3,(H,26,27)/b18-17+/t19-,21-. The number of nitrogens with two attached hydrogens (primary N) is 1. The van der Waals surface area contributed by atoms with Crippen molar-refractivity contribution in [2.75, 3.05) is 40.3 Å². The molecule has 0 bridgehead atoms. The van der Waals surface area contributed by atoms with E-state index < -0.39 is 0 Å². The molecule has 162 valence electrons. The number of hydrogen-bond acceptors (Lipinski definition) is 5. The average Bonchev–Trinajstić information content (AvgIpc) is 3.05. The summed E-state index contributed by atoms with van der Waals surface area (Å²) in [4.78, 5) is 13.2. The molecule has 6 heteroatoms. The lowest BCUT2D eigenvalue weighted by atomic mass is 9.81. The number of allylic oxidation sites excluding steroid dienone is 2. The fourth-order valence-electron chi connectivity index (χ4n) is 5.14. The van der Waals surface area contributed by atoms with E-state index in [0.29, 0.717) is 5.92 Å². The van der Waals surface area contributed by atoms with E-state index in [0.717, 1.165) is 28.2 Å². The molecule has 4 rings (SSSR count). The molecule has 1 saturated carbocycles. The molecule has 2 fully saturated rings. The van der Waals surface area contributed by atoms with Crippen molar-refractivity contribution in [2.45, 2.75) is 44.1 Å². The first kappa shape index (κ1) is 21.1. The minimum absolute atomic E-state index is 0.601. The van der Waals surface area contributed by atoms with Crippen molar-refractivity contribution in [3.8, 4) is 0 Å². The molecule has 2 aliphatic rings. The normalized spacial score (nSPS) is 24.7. The van der Waals surface area contributed by atoms with Crippen LogP contribution in [-0.4, -0.2) is 71.1 Å². The van der Waals surface area contributed by atoms with Crippen LogP contribution in [0.3, 0.4) is 0 Å². The number of fused-ring (bicyclic) bond motifs is 1. The zero-order chi connectivity index (χ0) is 21.1. The van der Waals surface area contributed by atoms with Gasteiger partial charge < -0.3 is 14.9 Å². The highest BCUT2D eigenvalue weighted by molar-refractivity contribution is 5.93. The number of hydrazine groups is 1. The van der Waals surface area contributed by atoms with Crippen LogP contribution in [-0.2, 0) is 0 Å². The van der Waals surface area contributed by atoms with Gasteiger partial charge in [0.25, 0.3) is 0 Å². The van der Waals surface area contributed by atoms with Crippen LogP contribution in [0.25, 0.3) is 16.6 Å². The molecule has 6 nitrogen and oxygen atoms in total. The molecule has 1 saturated heterocycles. The lowest BCUT2D eigenvalue weighted by Crippen LogP contribution is -2.40. The van der Waals surface area contributed by atoms with Gasteiger partial charge >= 0.3 is 0 Å². The summed E-state index contributed by atoms with van der Waals surface area (Å²) in [5.74, 6) is 6.44. The van der Waals surface area contributed by atoms with Crippen molar-refractivity contribution in [3.05, 3.63) is 48.4 Å². The smallest absolute Gasteiger partial charge is 0.137 e. The van der Waals surface area contributed by atoms with E-state index in [4.69, 9.17) is 10.8 Å². The molecule has 3 heterocycles. The Balaban J connectivity index is 1.48. The van der Waals surface area contributed by atoms with Crippen LogP contribution < -0.4 is 5.84 Å². The summed E-state index contributed by atoms with van der Waals surface area (Å²) in [5, 5.41) is 2.72. The van der Waals surface area contributed by atoms with Gasteiger partial charge in [0, 0.05) is 61.3 Å². The van der Waals surface area contributed by atoms with E-state index >= 15 is 0 Å². The predicted molar refractivity (Wildman–Crippen MR) is 125 cm³/mol. The SMILES string of the molecule is C=C/C(=C\N(C)N)c1c[nH]c2ncc([C@H]3CC[C@H](N4CCCN(C)CC4)CC3)cc12. The average molecular weight is 409 g/mol. The van der Waals surface area contributed by atoms with Gasteiger partial charge in [-0.2, -0.15) is 0 Å². The molecule has 0 aromatic carbocycles. The quantitative estimate of drug-likeness (QED) is 0.450. The third kappa shape index (κ3) is 4.61. The molecule has 1 aliphatic carbocycles. The third-order valence-electron chi connectivity index (χ3n) is 6.86. The molecule has 0 atom stereocenters. The Morgan fingerprint density at radius 3 is 2.77 bits per heavy atom. The van der Waals surface area contributed by atoms with Gasteiger partial charge in [-0.05, 0) is 69.8 Å². The summed E-state index contributed by atoms with van der Waals surface area (Å²) in [7, 11) is 4.07. The highest BCUT2D eigenvalue weighted by Crippen LogP contribution is 2.36. The van der Waals surface area contributed by atoms with Crippen LogP contribution in [0.1, 0.15) is 49.1 Å². The maximum Gasteiger partial charge on any atom is 0.137 e. The number of pyridine rings is 1. The van der Waals surface area contributed by atoms with Crippen LogP contribution >= 0.6 is 0 Å². The summed E-state index contributed by atoms with van der Waals surface area (Å²) in [6.07, 6.45) is 14.2. The number of aromatic amines is 1. The first-order valence-corrected chi connectivity index (χ1v) is 11.3. The van der Waals surface area contributed by atoms with E-state index in [1.807, 2.05) is 25.5 Å². The minimum atomic E-state index is 0.601. The Morgan fingerprint density at radius 2 is 2.03 bits per heavy atom. The van der Waals surface area contributed by atoms with Gasteiger partial charge in [0.1, 0.15) is 5.65 Å². The molecule has 0 unspecified atom stereocenters. The van der Waals surface area contributed by atoms with Crippen molar-refractivity contribution in [1.82, 2.24) is 24.8 Å². The van der Waals surface area contributed by atoms with Gasteiger partial charge in [0.2, 0.25) is 0 Å². The largest absolute Gasteiger partial charge is 0.346 e. The molecule has 2 aromatic heterocycles. The lowest BCUT2D eigenvalue weighted by Gasteiger charge is -2.36. The zero-order valence-corrected chi connectivity index (χ0v) is 18.5. The van der Waals surface area contributed by atoms with E-state index in [9.17, 15) is 0 Å². The molecule has 1 aliphatic heterocycles. The number of hydrogen-bond donors (Lipinski definition) is 2. The second-order valence-electron chi connectivity index (χ2n) is 9.02. The monoisotopic (exact) mass is 408 g/mol. The fraction of sp³-hybridized carbons (Fsp3) is 0.542. The second kappa shape index (κ2) is 9.33. The van der Waals surface area contributed by atoms with E-state index in [-0.39, 0.29) is 0 Å². The van der Waals surface area contributed by atoms with Crippen LogP contribution in [0.15, 0.2) is 37.3 Å². The number of H-pyrrole nitrogens is 1. The summed E-state index contributed by atoms with van der Waals surface area (Å²) < 4.78 is 0. The molecular weight excluding hydrogens is 372 g/mol. The molecular formula is C24H36N6. The van der Waals surface area contributed by atoms with Gasteiger partial charge in [-0.3, -0.25) is 4.90 Å². The zero-order valence-electron chi connectivity index (χ0n) is 18.5. The second-order valence-corrected chi connectivity index (χ2v) is 9.02. The van der Waals surface area contributed by atoms with Gasteiger partial charge in [0.05, 0.1) is 0 Å². The van der Waals surface area contributed by atoms with E-state index in [2.05, 4.69) is 40.7 Å². The van der Waals surface area contributed by atoms with Gasteiger partial charge in [0.15, 0.2) is 0 Å². The predicted octanol–water partition coefficient (Wildman–Crippen LogP) is 3.56. The molecule has 30 heavy (non-hydrogen) atoms. The van der Waals surface area contributed by atoms with Crippen molar-refractivity contribution >= 4 is 16.6 Å². The molecule has 0 spiro atoms. The lowest BCUT2D eigenvalue weighted by molar-refractivity contribution is 0.154. The maximum atomic E-state index is 5.83. The van der Waals surface area contributed by atoms with Crippen LogP contribution in [0.4, 0.5) is 0 Å². The summed E-state index contributed by atoms with van der Waals surface area (Å²) in [5.41, 5.74) is 4.39. The number of rotatable bonds is 5. The summed E-state index contributed by atoms with van der Waals surface area (Å²) in [6, 6.07) is 3.08. The first-order chi connectivity index (χ1) is 14.5. The number of nitrogens with zero attached hydrogens (tertiary/aromatic N) is 4. The Morgan fingerprint density at radius 1 is 1.23 bits per heavy atom. The van der Waals surface area contributed by atoms with Crippen molar-refractivity contribution in [2.24, 2.45) is 5.84 Å². The van der Waals surface area contributed by atoms with Gasteiger partial charge in [-0.25, -0.2) is 10.8 Å². The Kier molecular flexibility index (Phi) is 6.56. The summed E-state index contributed by atoms with van der Waals surface area (Å²) in [6.45, 7) is 8.87. The highest BCUT2D eigenvalue weighted by atomic mass is 15.4. The van der Waals surface area contributed by atoms with Crippen LogP contribution in [0.2, 0.25) is 0 Å². The van der Waals surface area contributed by atoms with Gasteiger partial charge in [-0.1, -0.05) is 12.7 Å². The van der Waals surface area contributed by atoms with Gasteiger partial charge in [-0.15, -0.1) is 0 Å². The van der Waals surface area contributed by atoms with E-state index in [1.54, 1.807) is 5.01 Å². The van der Waals surface area contributed by atoms with Crippen molar-refractivity contribution in [3.63, 3.8) is 0 Å². The van der Waals surface area contributed by atoms with Crippen LogP contribution in [0, 0.1) is 0 Å². The number of likely N-dealkylation sites (N-methyl/N-ethyl adjacent to an activating group) is 1. The number of nitrogens with one attached hydrogen (secondary N) is 1. The molecule has 0 radical (unpaired) electrons. The molecule has 2 aromatic rings. The van der Waals surface area contributed by atoms with Crippen LogP contribution in [0.5, 0.6) is 0 Å². The third-order valence-corrected chi connectivity index (χ3v) is 6.86. The number of aromatic nitrogens is 2. The van der Waals surface area contributed by atoms with E-state index in [1.165, 1.54) is 63.8 Å². The topological polar surface area (TPSA) is 64.4 Å². The Bertz CT molecular complexity index is 890.